The van der Waals surface area contributed by atoms with E-state index in [-0.39, 0.29) is 24.6 Å². The summed E-state index contributed by atoms with van der Waals surface area (Å²) in [5, 5.41) is 10.3. The van der Waals surface area contributed by atoms with Gasteiger partial charge in [0.15, 0.2) is 5.78 Å². The molecule has 0 bridgehead atoms. The Kier molecular flexibility index (Phi) is 6.61. The molecule has 3 atom stereocenters. The van der Waals surface area contributed by atoms with Crippen molar-refractivity contribution in [3.8, 4) is 5.75 Å². The first-order chi connectivity index (χ1) is 13.0. The Morgan fingerprint density at radius 1 is 1.07 bits per heavy atom. The molecule has 3 rings (SSSR count). The lowest BCUT2D eigenvalue weighted by Crippen LogP contribution is -2.48. The van der Waals surface area contributed by atoms with Gasteiger partial charge in [0, 0.05) is 30.8 Å². The third-order valence-electron chi connectivity index (χ3n) is 4.56. The van der Waals surface area contributed by atoms with Gasteiger partial charge in [0.05, 0.1) is 12.2 Å². The number of morpholine rings is 1. The summed E-state index contributed by atoms with van der Waals surface area (Å²) in [6, 6.07) is 16.2. The number of carbonyl (C=O) groups is 1. The highest BCUT2D eigenvalue weighted by Gasteiger charge is 2.24. The number of ether oxygens (including phenoxy) is 2. The van der Waals surface area contributed by atoms with E-state index >= 15 is 0 Å². The lowest BCUT2D eigenvalue weighted by atomic mass is 10.0. The summed E-state index contributed by atoms with van der Waals surface area (Å²) >= 11 is 0. The maximum absolute atomic E-state index is 12.4. The van der Waals surface area contributed by atoms with Crippen molar-refractivity contribution in [1.82, 2.24) is 4.90 Å². The van der Waals surface area contributed by atoms with Crippen LogP contribution in [0.2, 0.25) is 0 Å². The van der Waals surface area contributed by atoms with Crippen LogP contribution in [0.1, 0.15) is 29.8 Å². The summed E-state index contributed by atoms with van der Waals surface area (Å²) in [5.74, 6) is 0.625. The number of β-amino-alcohol motifs (C(OH)–C–C–N with tert-alkyl or cyclic N) is 1. The zero-order chi connectivity index (χ0) is 19.2. The van der Waals surface area contributed by atoms with E-state index < -0.39 is 6.10 Å². The normalized spacial score (nSPS) is 21.6. The van der Waals surface area contributed by atoms with Crippen molar-refractivity contribution in [3.05, 3.63) is 65.7 Å². The number of benzene rings is 2. The van der Waals surface area contributed by atoms with Crippen LogP contribution < -0.4 is 4.74 Å². The molecule has 5 nitrogen and oxygen atoms in total. The second-order valence-electron chi connectivity index (χ2n) is 7.16. The van der Waals surface area contributed by atoms with Crippen LogP contribution in [0.3, 0.4) is 0 Å². The van der Waals surface area contributed by atoms with Crippen LogP contribution in [0.25, 0.3) is 0 Å². The first kappa shape index (κ1) is 19.5. The number of hydrogen-bond donors (Lipinski definition) is 1. The fourth-order valence-electron chi connectivity index (χ4n) is 3.44. The van der Waals surface area contributed by atoms with E-state index in [1.807, 2.05) is 32.0 Å². The largest absolute Gasteiger partial charge is 0.491 e. The Bertz CT molecular complexity index is 722. The zero-order valence-electron chi connectivity index (χ0n) is 15.9. The summed E-state index contributed by atoms with van der Waals surface area (Å²) in [6.07, 6.45) is -0.221. The second-order valence-corrected chi connectivity index (χ2v) is 7.16. The smallest absolute Gasteiger partial charge is 0.193 e. The lowest BCUT2D eigenvalue weighted by Gasteiger charge is -2.36. The highest BCUT2D eigenvalue weighted by Crippen LogP contribution is 2.16. The van der Waals surface area contributed by atoms with Gasteiger partial charge < -0.3 is 14.6 Å². The molecule has 0 aromatic heterocycles. The van der Waals surface area contributed by atoms with Crippen molar-refractivity contribution in [2.75, 3.05) is 26.2 Å². The van der Waals surface area contributed by atoms with Crippen molar-refractivity contribution in [2.45, 2.75) is 32.2 Å². The Labute approximate surface area is 160 Å². The number of ketones is 1. The Hall–Kier alpha value is -2.21. The minimum Gasteiger partial charge on any atom is -0.491 e. The number of carbonyl (C=O) groups excluding carboxylic acids is 1. The topological polar surface area (TPSA) is 59.0 Å². The second kappa shape index (κ2) is 9.13. The van der Waals surface area contributed by atoms with E-state index in [0.717, 1.165) is 13.1 Å². The van der Waals surface area contributed by atoms with E-state index in [1.54, 1.807) is 36.4 Å². The molecule has 0 amide bonds. The molecular formula is C22H27NO4. The molecule has 1 aliphatic rings. The van der Waals surface area contributed by atoms with Crippen LogP contribution >= 0.6 is 0 Å². The Morgan fingerprint density at radius 3 is 2.30 bits per heavy atom. The van der Waals surface area contributed by atoms with E-state index in [0.29, 0.717) is 23.4 Å². The highest BCUT2D eigenvalue weighted by atomic mass is 16.5. The molecule has 0 radical (unpaired) electrons. The van der Waals surface area contributed by atoms with E-state index in [1.165, 1.54) is 0 Å². The quantitative estimate of drug-likeness (QED) is 0.761. The van der Waals surface area contributed by atoms with Gasteiger partial charge in [0.1, 0.15) is 18.5 Å². The highest BCUT2D eigenvalue weighted by molar-refractivity contribution is 6.08. The fraction of sp³-hybridized carbons (Fsp3) is 0.409. The predicted octanol–water partition coefficient (Wildman–Crippen LogP) is 2.77. The number of nitrogens with zero attached hydrogens (tertiary/aromatic N) is 1. The van der Waals surface area contributed by atoms with Crippen molar-refractivity contribution >= 4 is 5.78 Å². The van der Waals surface area contributed by atoms with Crippen LogP contribution in [0.15, 0.2) is 54.6 Å². The molecule has 0 spiro atoms. The molecule has 0 saturated carbocycles. The molecule has 0 unspecified atom stereocenters. The summed E-state index contributed by atoms with van der Waals surface area (Å²) in [6.45, 7) is 6.50. The maximum Gasteiger partial charge on any atom is 0.193 e. The van der Waals surface area contributed by atoms with Crippen LogP contribution in [0, 0.1) is 0 Å². The lowest BCUT2D eigenvalue weighted by molar-refractivity contribution is -0.0786. The van der Waals surface area contributed by atoms with E-state index in [2.05, 4.69) is 4.90 Å². The molecule has 2 aromatic rings. The van der Waals surface area contributed by atoms with E-state index in [9.17, 15) is 9.90 Å². The first-order valence-electron chi connectivity index (χ1n) is 9.39. The van der Waals surface area contributed by atoms with Gasteiger partial charge in [0.25, 0.3) is 0 Å². The number of aliphatic hydroxyl groups excluding tert-OH is 1. The van der Waals surface area contributed by atoms with Gasteiger partial charge >= 0.3 is 0 Å². The van der Waals surface area contributed by atoms with Crippen molar-refractivity contribution in [1.29, 1.82) is 0 Å². The summed E-state index contributed by atoms with van der Waals surface area (Å²) < 4.78 is 11.4. The minimum absolute atomic E-state index is 0.0160. The van der Waals surface area contributed by atoms with E-state index in [4.69, 9.17) is 9.47 Å². The third-order valence-corrected chi connectivity index (χ3v) is 4.56. The predicted molar refractivity (Wildman–Crippen MR) is 104 cm³/mol. The molecule has 1 aliphatic heterocycles. The van der Waals surface area contributed by atoms with Crippen LogP contribution in [0.5, 0.6) is 5.75 Å². The number of hydrogen-bond acceptors (Lipinski definition) is 5. The van der Waals surface area contributed by atoms with Gasteiger partial charge in [-0.25, -0.2) is 0 Å². The summed E-state index contributed by atoms with van der Waals surface area (Å²) in [7, 11) is 0. The van der Waals surface area contributed by atoms with Gasteiger partial charge in [0.2, 0.25) is 0 Å². The van der Waals surface area contributed by atoms with Crippen molar-refractivity contribution in [3.63, 3.8) is 0 Å². The minimum atomic E-state index is -0.576. The molecule has 1 heterocycles. The number of rotatable bonds is 7. The zero-order valence-corrected chi connectivity index (χ0v) is 15.9. The van der Waals surface area contributed by atoms with Crippen molar-refractivity contribution < 1.29 is 19.4 Å². The van der Waals surface area contributed by atoms with Gasteiger partial charge in [-0.3, -0.25) is 9.69 Å². The van der Waals surface area contributed by atoms with Gasteiger partial charge in [-0.1, -0.05) is 30.3 Å². The van der Waals surface area contributed by atoms with Gasteiger partial charge in [-0.15, -0.1) is 0 Å². The third kappa shape index (κ3) is 5.63. The average molecular weight is 369 g/mol. The maximum atomic E-state index is 12.4. The molecule has 5 heteroatoms. The number of aliphatic hydroxyl groups is 1. The Morgan fingerprint density at radius 2 is 1.67 bits per heavy atom. The Balaban J connectivity index is 1.49. The molecule has 2 aromatic carbocycles. The van der Waals surface area contributed by atoms with Crippen LogP contribution in [-0.2, 0) is 4.74 Å². The summed E-state index contributed by atoms with van der Waals surface area (Å²) in [5.41, 5.74) is 1.28. The van der Waals surface area contributed by atoms with Gasteiger partial charge in [-0.05, 0) is 38.1 Å². The molecule has 0 aliphatic carbocycles. The van der Waals surface area contributed by atoms with Gasteiger partial charge in [-0.2, -0.15) is 0 Å². The first-order valence-corrected chi connectivity index (χ1v) is 9.39. The van der Waals surface area contributed by atoms with Crippen molar-refractivity contribution in [2.24, 2.45) is 0 Å². The molecular weight excluding hydrogens is 342 g/mol. The van der Waals surface area contributed by atoms with Crippen LogP contribution in [-0.4, -0.2) is 60.3 Å². The fourth-order valence-corrected chi connectivity index (χ4v) is 3.44. The standard InChI is InChI=1S/C22H27NO4/c1-16-12-23(13-17(2)27-16)14-20(24)15-26-21-10-8-19(9-11-21)22(25)18-6-4-3-5-7-18/h3-11,16-17,20,24H,12-15H2,1-2H3/t16-,17+,20-/m0/s1. The molecule has 144 valence electrons. The monoisotopic (exact) mass is 369 g/mol. The summed E-state index contributed by atoms with van der Waals surface area (Å²) in [4.78, 5) is 14.6. The average Bonchev–Trinajstić information content (AvgIpc) is 2.66. The molecule has 1 fully saturated rings. The molecule has 1 N–H and O–H groups in total. The molecule has 27 heavy (non-hydrogen) atoms. The SMILES string of the molecule is C[C@@H]1CN(C[C@H](O)COc2ccc(C(=O)c3ccccc3)cc2)C[C@H](C)O1. The van der Waals surface area contributed by atoms with Crippen LogP contribution in [0.4, 0.5) is 0 Å². The molecule has 1 saturated heterocycles.